The third kappa shape index (κ3) is 10.2. The first-order valence-corrected chi connectivity index (χ1v) is 6.30. The van der Waals surface area contributed by atoms with E-state index in [1.165, 1.54) is 0 Å². The van der Waals surface area contributed by atoms with E-state index in [1.807, 2.05) is 13.8 Å². The van der Waals surface area contributed by atoms with E-state index < -0.39 is 0 Å². The Morgan fingerprint density at radius 2 is 2.00 bits per heavy atom. The molecule has 1 atom stereocenters. The van der Waals surface area contributed by atoms with Crippen LogP contribution in [0.1, 0.15) is 26.7 Å². The molecule has 0 aliphatic carbocycles. The summed E-state index contributed by atoms with van der Waals surface area (Å²) in [4.78, 5) is 11.4. The van der Waals surface area contributed by atoms with Crippen molar-refractivity contribution in [2.45, 2.75) is 32.7 Å². The van der Waals surface area contributed by atoms with E-state index >= 15 is 0 Å². The number of unbranched alkanes of at least 4 members (excludes halogenated alkanes) is 1. The van der Waals surface area contributed by atoms with E-state index in [0.717, 1.165) is 26.0 Å². The lowest BCUT2D eigenvalue weighted by molar-refractivity contribution is -0.122. The third-order valence-electron chi connectivity index (χ3n) is 2.34. The van der Waals surface area contributed by atoms with Crippen molar-refractivity contribution in [3.05, 3.63) is 0 Å². The topological polar surface area (TPSA) is 59.6 Å². The van der Waals surface area contributed by atoms with Gasteiger partial charge in [-0.15, -0.1) is 0 Å². The molecular weight excluding hydrogens is 220 g/mol. The number of carbonyl (C=O) groups excluding carboxylic acids is 1. The standard InChI is InChI=1S/C12H26N2O3/c1-4-13-12(15)11(2)14-7-5-6-8-17-10-9-16-3/h11,14H,4-10H2,1-3H3,(H,13,15). The minimum absolute atomic E-state index is 0.0591. The number of hydrogen-bond acceptors (Lipinski definition) is 4. The maximum Gasteiger partial charge on any atom is 0.236 e. The third-order valence-corrected chi connectivity index (χ3v) is 2.34. The molecule has 0 fully saturated rings. The molecule has 0 saturated carbocycles. The van der Waals surface area contributed by atoms with Gasteiger partial charge < -0.3 is 20.1 Å². The van der Waals surface area contributed by atoms with Crippen LogP contribution in [0.4, 0.5) is 0 Å². The van der Waals surface area contributed by atoms with Crippen molar-refractivity contribution in [2.75, 3.05) is 40.0 Å². The fourth-order valence-electron chi connectivity index (χ4n) is 1.31. The molecule has 5 heteroatoms. The number of methoxy groups -OCH3 is 1. The van der Waals surface area contributed by atoms with Gasteiger partial charge in [-0.1, -0.05) is 0 Å². The molecule has 0 aromatic carbocycles. The maximum atomic E-state index is 11.4. The van der Waals surface area contributed by atoms with Crippen LogP contribution < -0.4 is 10.6 Å². The fourth-order valence-corrected chi connectivity index (χ4v) is 1.31. The van der Waals surface area contributed by atoms with Gasteiger partial charge in [-0.05, 0) is 33.2 Å². The molecule has 2 N–H and O–H groups in total. The number of ether oxygens (including phenoxy) is 2. The van der Waals surface area contributed by atoms with E-state index in [2.05, 4.69) is 10.6 Å². The Bertz CT molecular complexity index is 189. The van der Waals surface area contributed by atoms with Crippen LogP contribution in [0.25, 0.3) is 0 Å². The zero-order valence-corrected chi connectivity index (χ0v) is 11.3. The predicted molar refractivity (Wildman–Crippen MR) is 68.1 cm³/mol. The highest BCUT2D eigenvalue weighted by Crippen LogP contribution is 1.90. The van der Waals surface area contributed by atoms with Gasteiger partial charge in [0.2, 0.25) is 5.91 Å². The van der Waals surface area contributed by atoms with Crippen LogP contribution >= 0.6 is 0 Å². The van der Waals surface area contributed by atoms with Crippen molar-refractivity contribution >= 4 is 5.91 Å². The number of hydrogen-bond donors (Lipinski definition) is 2. The summed E-state index contributed by atoms with van der Waals surface area (Å²) in [7, 11) is 1.66. The molecule has 0 spiro atoms. The van der Waals surface area contributed by atoms with Crippen molar-refractivity contribution in [1.29, 1.82) is 0 Å². The minimum atomic E-state index is -0.121. The molecule has 1 amide bonds. The Morgan fingerprint density at radius 3 is 2.65 bits per heavy atom. The first-order valence-electron chi connectivity index (χ1n) is 6.30. The summed E-state index contributed by atoms with van der Waals surface area (Å²) in [6.07, 6.45) is 2.01. The minimum Gasteiger partial charge on any atom is -0.382 e. The van der Waals surface area contributed by atoms with Gasteiger partial charge in [0.05, 0.1) is 19.3 Å². The molecule has 0 aliphatic heterocycles. The van der Waals surface area contributed by atoms with Crippen molar-refractivity contribution in [1.82, 2.24) is 10.6 Å². The van der Waals surface area contributed by atoms with E-state index in [9.17, 15) is 4.79 Å². The van der Waals surface area contributed by atoms with Crippen LogP contribution in [-0.2, 0) is 14.3 Å². The van der Waals surface area contributed by atoms with Crippen molar-refractivity contribution in [3.63, 3.8) is 0 Å². The first kappa shape index (κ1) is 16.4. The van der Waals surface area contributed by atoms with E-state index in [4.69, 9.17) is 9.47 Å². The Hall–Kier alpha value is -0.650. The smallest absolute Gasteiger partial charge is 0.236 e. The second kappa shape index (κ2) is 11.8. The van der Waals surface area contributed by atoms with E-state index in [-0.39, 0.29) is 11.9 Å². The average Bonchev–Trinajstić information content (AvgIpc) is 2.32. The molecule has 1 unspecified atom stereocenters. The van der Waals surface area contributed by atoms with Crippen molar-refractivity contribution in [3.8, 4) is 0 Å². The Kier molecular flexibility index (Phi) is 11.4. The second-order valence-electron chi connectivity index (χ2n) is 3.88. The second-order valence-corrected chi connectivity index (χ2v) is 3.88. The van der Waals surface area contributed by atoms with Gasteiger partial charge >= 0.3 is 0 Å². The van der Waals surface area contributed by atoms with Crippen LogP contribution in [0.15, 0.2) is 0 Å². The number of likely N-dealkylation sites (N-methyl/N-ethyl adjacent to an activating group) is 1. The number of carbonyl (C=O) groups is 1. The molecule has 0 rings (SSSR count). The summed E-state index contributed by atoms with van der Waals surface area (Å²) < 4.78 is 10.2. The highest BCUT2D eigenvalue weighted by Gasteiger charge is 2.09. The molecule has 0 saturated heterocycles. The molecule has 0 aliphatic rings. The van der Waals surface area contributed by atoms with Gasteiger partial charge in [0.1, 0.15) is 0 Å². The van der Waals surface area contributed by atoms with Crippen molar-refractivity contribution < 1.29 is 14.3 Å². The van der Waals surface area contributed by atoms with E-state index in [0.29, 0.717) is 19.8 Å². The molecule has 0 heterocycles. The van der Waals surface area contributed by atoms with Gasteiger partial charge in [0.15, 0.2) is 0 Å². The van der Waals surface area contributed by atoms with Crippen LogP contribution in [0.2, 0.25) is 0 Å². The van der Waals surface area contributed by atoms with Crippen LogP contribution in [0, 0.1) is 0 Å². The monoisotopic (exact) mass is 246 g/mol. The average molecular weight is 246 g/mol. The molecule has 0 radical (unpaired) electrons. The lowest BCUT2D eigenvalue weighted by Crippen LogP contribution is -2.42. The van der Waals surface area contributed by atoms with E-state index in [1.54, 1.807) is 7.11 Å². The summed E-state index contributed by atoms with van der Waals surface area (Å²) in [5, 5.41) is 5.96. The molecule has 0 aromatic rings. The SMILES string of the molecule is CCNC(=O)C(C)NCCCCOCCOC. The lowest BCUT2D eigenvalue weighted by Gasteiger charge is -2.12. The Morgan fingerprint density at radius 1 is 1.24 bits per heavy atom. The highest BCUT2D eigenvalue weighted by molar-refractivity contribution is 5.81. The zero-order valence-electron chi connectivity index (χ0n) is 11.3. The Labute approximate surface area is 104 Å². The van der Waals surface area contributed by atoms with Crippen LogP contribution in [0.3, 0.4) is 0 Å². The van der Waals surface area contributed by atoms with Gasteiger partial charge in [-0.25, -0.2) is 0 Å². The molecule has 102 valence electrons. The van der Waals surface area contributed by atoms with Gasteiger partial charge in [0, 0.05) is 20.3 Å². The quantitative estimate of drug-likeness (QED) is 0.523. The summed E-state index contributed by atoms with van der Waals surface area (Å²) >= 11 is 0. The maximum absolute atomic E-state index is 11.4. The number of rotatable bonds is 11. The Balaban J connectivity index is 3.24. The predicted octanol–water partition coefficient (Wildman–Crippen LogP) is 0.544. The summed E-state index contributed by atoms with van der Waals surface area (Å²) in [6.45, 7) is 7.36. The summed E-state index contributed by atoms with van der Waals surface area (Å²) in [5.41, 5.74) is 0. The first-order chi connectivity index (χ1) is 8.22. The van der Waals surface area contributed by atoms with Crippen LogP contribution in [0.5, 0.6) is 0 Å². The lowest BCUT2D eigenvalue weighted by atomic mass is 10.2. The largest absolute Gasteiger partial charge is 0.382 e. The van der Waals surface area contributed by atoms with Crippen LogP contribution in [-0.4, -0.2) is 52.0 Å². The number of nitrogens with one attached hydrogen (secondary N) is 2. The highest BCUT2D eigenvalue weighted by atomic mass is 16.5. The summed E-state index contributed by atoms with van der Waals surface area (Å²) in [5.74, 6) is 0.0591. The molecule has 0 aromatic heterocycles. The number of amides is 1. The fraction of sp³-hybridized carbons (Fsp3) is 0.917. The summed E-state index contributed by atoms with van der Waals surface area (Å²) in [6, 6.07) is -0.121. The molecule has 5 nitrogen and oxygen atoms in total. The van der Waals surface area contributed by atoms with Crippen molar-refractivity contribution in [2.24, 2.45) is 0 Å². The van der Waals surface area contributed by atoms with Gasteiger partial charge in [-0.2, -0.15) is 0 Å². The normalized spacial score (nSPS) is 12.4. The molecular formula is C12H26N2O3. The van der Waals surface area contributed by atoms with Gasteiger partial charge in [0.25, 0.3) is 0 Å². The molecule has 17 heavy (non-hydrogen) atoms. The zero-order chi connectivity index (χ0) is 12.9. The van der Waals surface area contributed by atoms with Gasteiger partial charge in [-0.3, -0.25) is 4.79 Å². The molecule has 0 bridgehead atoms.